The van der Waals surface area contributed by atoms with Crippen LogP contribution in [0.2, 0.25) is 0 Å². The van der Waals surface area contributed by atoms with Crippen LogP contribution in [-0.4, -0.2) is 26.4 Å². The van der Waals surface area contributed by atoms with Crippen LogP contribution in [-0.2, 0) is 11.3 Å². The minimum atomic E-state index is -0.319. The third-order valence-electron chi connectivity index (χ3n) is 2.57. The maximum absolute atomic E-state index is 13.8. The molecule has 0 amide bonds. The van der Waals surface area contributed by atoms with Gasteiger partial charge in [-0.1, -0.05) is 19.9 Å². The molecule has 0 aromatic heterocycles. The molecule has 0 atom stereocenters. The molecule has 0 fully saturated rings. The van der Waals surface area contributed by atoms with Gasteiger partial charge in [0.1, 0.15) is 6.61 Å². The van der Waals surface area contributed by atoms with Crippen LogP contribution in [0.1, 0.15) is 26.3 Å². The standard InChI is InChI=1S/C15H24FNO2/c1-4-18-7-8-19-15-6-5-13(9-14(15)16)11-17-10-12(2)3/h5-6,9,12,17H,4,7-8,10-11H2,1-3H3. The number of benzene rings is 1. The van der Waals surface area contributed by atoms with E-state index in [0.717, 1.165) is 12.1 Å². The fourth-order valence-corrected chi connectivity index (χ4v) is 1.63. The average molecular weight is 269 g/mol. The Hall–Kier alpha value is -1.13. The summed E-state index contributed by atoms with van der Waals surface area (Å²) >= 11 is 0. The Kier molecular flexibility index (Phi) is 7.45. The Bertz CT molecular complexity index is 369. The van der Waals surface area contributed by atoms with E-state index in [-0.39, 0.29) is 11.6 Å². The zero-order chi connectivity index (χ0) is 14.1. The Morgan fingerprint density at radius 1 is 1.26 bits per heavy atom. The Morgan fingerprint density at radius 2 is 2.05 bits per heavy atom. The lowest BCUT2D eigenvalue weighted by molar-refractivity contribution is 0.108. The van der Waals surface area contributed by atoms with E-state index in [9.17, 15) is 4.39 Å². The summed E-state index contributed by atoms with van der Waals surface area (Å²) < 4.78 is 24.2. The molecule has 1 rings (SSSR count). The molecule has 0 bridgehead atoms. The summed E-state index contributed by atoms with van der Waals surface area (Å²) in [5.41, 5.74) is 0.926. The first-order valence-corrected chi connectivity index (χ1v) is 6.83. The van der Waals surface area contributed by atoms with E-state index in [2.05, 4.69) is 19.2 Å². The smallest absolute Gasteiger partial charge is 0.165 e. The van der Waals surface area contributed by atoms with E-state index in [1.54, 1.807) is 6.07 Å². The highest BCUT2D eigenvalue weighted by Crippen LogP contribution is 2.18. The molecule has 0 aliphatic heterocycles. The molecule has 0 saturated carbocycles. The van der Waals surface area contributed by atoms with Gasteiger partial charge in [-0.15, -0.1) is 0 Å². The lowest BCUT2D eigenvalue weighted by Crippen LogP contribution is -2.19. The monoisotopic (exact) mass is 269 g/mol. The van der Waals surface area contributed by atoms with E-state index >= 15 is 0 Å². The van der Waals surface area contributed by atoms with Crippen molar-refractivity contribution in [3.05, 3.63) is 29.6 Å². The molecule has 0 aliphatic carbocycles. The molecule has 1 N–H and O–H groups in total. The fourth-order valence-electron chi connectivity index (χ4n) is 1.63. The number of rotatable bonds is 9. The van der Waals surface area contributed by atoms with E-state index < -0.39 is 0 Å². The van der Waals surface area contributed by atoms with Crippen molar-refractivity contribution in [2.45, 2.75) is 27.3 Å². The number of hydrogen-bond donors (Lipinski definition) is 1. The Balaban J connectivity index is 2.40. The van der Waals surface area contributed by atoms with Gasteiger partial charge >= 0.3 is 0 Å². The van der Waals surface area contributed by atoms with Crippen molar-refractivity contribution in [3.63, 3.8) is 0 Å². The lowest BCUT2D eigenvalue weighted by Gasteiger charge is -2.10. The zero-order valence-electron chi connectivity index (χ0n) is 12.0. The summed E-state index contributed by atoms with van der Waals surface area (Å²) in [5.74, 6) is 0.554. The summed E-state index contributed by atoms with van der Waals surface area (Å²) in [7, 11) is 0. The summed E-state index contributed by atoms with van der Waals surface area (Å²) in [5, 5.41) is 3.28. The molecule has 1 aromatic rings. The van der Waals surface area contributed by atoms with Gasteiger partial charge in [0.25, 0.3) is 0 Å². The second-order valence-corrected chi connectivity index (χ2v) is 4.83. The number of hydrogen-bond acceptors (Lipinski definition) is 3. The number of ether oxygens (including phenoxy) is 2. The molecule has 19 heavy (non-hydrogen) atoms. The molecule has 0 radical (unpaired) electrons. The quantitative estimate of drug-likeness (QED) is 0.699. The highest BCUT2D eigenvalue weighted by molar-refractivity contribution is 5.29. The maximum atomic E-state index is 13.8. The van der Waals surface area contributed by atoms with Crippen molar-refractivity contribution in [3.8, 4) is 5.75 Å². The van der Waals surface area contributed by atoms with Crippen LogP contribution >= 0.6 is 0 Å². The summed E-state index contributed by atoms with van der Waals surface area (Å²) in [6.07, 6.45) is 0. The van der Waals surface area contributed by atoms with Gasteiger partial charge in [0.05, 0.1) is 6.61 Å². The summed E-state index contributed by atoms with van der Waals surface area (Å²) in [6.45, 7) is 9.30. The van der Waals surface area contributed by atoms with Crippen LogP contribution in [0, 0.1) is 11.7 Å². The summed E-state index contributed by atoms with van der Waals surface area (Å²) in [6, 6.07) is 5.07. The van der Waals surface area contributed by atoms with Gasteiger partial charge in [0.15, 0.2) is 11.6 Å². The molecule has 108 valence electrons. The summed E-state index contributed by atoms with van der Waals surface area (Å²) in [4.78, 5) is 0. The van der Waals surface area contributed by atoms with Crippen molar-refractivity contribution in [1.82, 2.24) is 5.32 Å². The van der Waals surface area contributed by atoms with Crippen LogP contribution < -0.4 is 10.1 Å². The Labute approximate surface area is 115 Å². The molecule has 0 heterocycles. The molecule has 4 heteroatoms. The van der Waals surface area contributed by atoms with Crippen LogP contribution in [0.15, 0.2) is 18.2 Å². The topological polar surface area (TPSA) is 30.5 Å². The number of halogens is 1. The molecular formula is C15H24FNO2. The third-order valence-corrected chi connectivity index (χ3v) is 2.57. The Morgan fingerprint density at radius 3 is 2.68 bits per heavy atom. The van der Waals surface area contributed by atoms with Crippen molar-refractivity contribution in [1.29, 1.82) is 0 Å². The van der Waals surface area contributed by atoms with Crippen LogP contribution in [0.3, 0.4) is 0 Å². The minimum Gasteiger partial charge on any atom is -0.488 e. The first-order chi connectivity index (χ1) is 9.13. The van der Waals surface area contributed by atoms with E-state index in [1.165, 1.54) is 6.07 Å². The highest BCUT2D eigenvalue weighted by atomic mass is 19.1. The van der Waals surface area contributed by atoms with Gasteiger partial charge in [-0.3, -0.25) is 0 Å². The van der Waals surface area contributed by atoms with Gasteiger partial charge in [-0.05, 0) is 37.1 Å². The molecule has 0 saturated heterocycles. The fraction of sp³-hybridized carbons (Fsp3) is 0.600. The molecule has 3 nitrogen and oxygen atoms in total. The molecule has 0 spiro atoms. The van der Waals surface area contributed by atoms with Gasteiger partial charge in [0.2, 0.25) is 0 Å². The zero-order valence-corrected chi connectivity index (χ0v) is 12.0. The predicted molar refractivity (Wildman–Crippen MR) is 74.9 cm³/mol. The molecule has 0 aliphatic rings. The predicted octanol–water partition coefficient (Wildman–Crippen LogP) is 2.99. The van der Waals surface area contributed by atoms with Crippen molar-refractivity contribution >= 4 is 0 Å². The van der Waals surface area contributed by atoms with Crippen molar-refractivity contribution < 1.29 is 13.9 Å². The van der Waals surface area contributed by atoms with E-state index in [1.807, 2.05) is 13.0 Å². The van der Waals surface area contributed by atoms with Crippen molar-refractivity contribution in [2.24, 2.45) is 5.92 Å². The van der Waals surface area contributed by atoms with Crippen LogP contribution in [0.4, 0.5) is 4.39 Å². The maximum Gasteiger partial charge on any atom is 0.165 e. The van der Waals surface area contributed by atoms with Gasteiger partial charge in [-0.2, -0.15) is 0 Å². The first kappa shape index (κ1) is 15.9. The molecule has 1 aromatic carbocycles. The number of nitrogens with one attached hydrogen (secondary N) is 1. The first-order valence-electron chi connectivity index (χ1n) is 6.83. The second kappa shape index (κ2) is 8.88. The SMILES string of the molecule is CCOCCOc1ccc(CNCC(C)C)cc1F. The minimum absolute atomic E-state index is 0.285. The van der Waals surface area contributed by atoms with Gasteiger partial charge in [0, 0.05) is 13.2 Å². The largest absolute Gasteiger partial charge is 0.488 e. The van der Waals surface area contributed by atoms with E-state index in [4.69, 9.17) is 9.47 Å². The van der Waals surface area contributed by atoms with Crippen molar-refractivity contribution in [2.75, 3.05) is 26.4 Å². The van der Waals surface area contributed by atoms with Crippen LogP contribution in [0.5, 0.6) is 5.75 Å². The van der Waals surface area contributed by atoms with E-state index in [0.29, 0.717) is 32.3 Å². The third kappa shape index (κ3) is 6.55. The molecule has 0 unspecified atom stereocenters. The second-order valence-electron chi connectivity index (χ2n) is 4.83. The van der Waals surface area contributed by atoms with Crippen LogP contribution in [0.25, 0.3) is 0 Å². The molecular weight excluding hydrogens is 245 g/mol. The van der Waals surface area contributed by atoms with Gasteiger partial charge < -0.3 is 14.8 Å². The van der Waals surface area contributed by atoms with Gasteiger partial charge in [-0.25, -0.2) is 4.39 Å². The lowest BCUT2D eigenvalue weighted by atomic mass is 10.2. The highest BCUT2D eigenvalue weighted by Gasteiger charge is 2.05. The normalized spacial score (nSPS) is 11.0. The average Bonchev–Trinajstić information content (AvgIpc) is 2.36.